The molecule has 0 radical (unpaired) electrons. The highest BCUT2D eigenvalue weighted by Gasteiger charge is 2.33. The maximum atomic E-state index is 12.7. The zero-order valence-corrected chi connectivity index (χ0v) is 13.4. The van der Waals surface area contributed by atoms with Gasteiger partial charge in [0.2, 0.25) is 5.91 Å². The lowest BCUT2D eigenvalue weighted by Crippen LogP contribution is -2.48. The zero-order valence-electron chi connectivity index (χ0n) is 13.4. The molecule has 122 valence electrons. The van der Waals surface area contributed by atoms with E-state index in [1.165, 1.54) is 11.9 Å². The van der Waals surface area contributed by atoms with Crippen LogP contribution in [0.4, 0.5) is 5.82 Å². The van der Waals surface area contributed by atoms with Gasteiger partial charge in [-0.15, -0.1) is 0 Å². The van der Waals surface area contributed by atoms with Crippen molar-refractivity contribution in [2.24, 2.45) is 0 Å². The van der Waals surface area contributed by atoms with Crippen molar-refractivity contribution in [3.8, 4) is 0 Å². The van der Waals surface area contributed by atoms with Gasteiger partial charge in [-0.05, 0) is 12.0 Å². The first-order valence-corrected chi connectivity index (χ1v) is 7.93. The Morgan fingerprint density at radius 3 is 2.88 bits per heavy atom. The quantitative estimate of drug-likeness (QED) is 0.792. The average molecular weight is 322 g/mol. The normalized spacial score (nSPS) is 16.9. The number of aromatic nitrogens is 4. The fourth-order valence-electron chi connectivity index (χ4n) is 3.12. The van der Waals surface area contributed by atoms with Crippen molar-refractivity contribution >= 4 is 22.9 Å². The number of likely N-dealkylation sites (tertiary alicyclic amines) is 1. The summed E-state index contributed by atoms with van der Waals surface area (Å²) in [6.07, 6.45) is 4.06. The minimum Gasteiger partial charge on any atom is -0.348 e. The number of likely N-dealkylation sites (N-methyl/N-ethyl adjacent to an activating group) is 1. The van der Waals surface area contributed by atoms with Crippen molar-refractivity contribution in [2.45, 2.75) is 12.5 Å². The number of amides is 1. The lowest BCUT2D eigenvalue weighted by atomic mass is 9.94. The summed E-state index contributed by atoms with van der Waals surface area (Å²) in [7, 11) is 1.86. The van der Waals surface area contributed by atoms with Crippen molar-refractivity contribution in [1.29, 1.82) is 0 Å². The number of rotatable bonds is 4. The molecule has 1 aromatic carbocycles. The molecule has 0 saturated carbocycles. The lowest BCUT2D eigenvalue weighted by molar-refractivity contribution is -0.137. The molecule has 1 aliphatic rings. The van der Waals surface area contributed by atoms with Crippen molar-refractivity contribution in [3.05, 3.63) is 48.5 Å². The average Bonchev–Trinajstić information content (AvgIpc) is 3.03. The van der Waals surface area contributed by atoms with Gasteiger partial charge in [-0.25, -0.2) is 15.0 Å². The van der Waals surface area contributed by atoms with Crippen LogP contribution in [-0.4, -0.2) is 50.9 Å². The lowest BCUT2D eigenvalue weighted by Gasteiger charge is -2.42. The molecular weight excluding hydrogens is 304 g/mol. The van der Waals surface area contributed by atoms with Gasteiger partial charge in [-0.1, -0.05) is 30.3 Å². The third kappa shape index (κ3) is 2.47. The van der Waals surface area contributed by atoms with E-state index in [1.54, 1.807) is 6.33 Å². The zero-order chi connectivity index (χ0) is 16.5. The van der Waals surface area contributed by atoms with E-state index < -0.39 is 0 Å². The van der Waals surface area contributed by atoms with Gasteiger partial charge in [0.15, 0.2) is 11.5 Å². The number of aromatic amines is 1. The molecule has 2 aromatic heterocycles. The predicted molar refractivity (Wildman–Crippen MR) is 90.5 cm³/mol. The highest BCUT2D eigenvalue weighted by molar-refractivity contribution is 5.87. The summed E-state index contributed by atoms with van der Waals surface area (Å²) in [6.45, 7) is 1.07. The summed E-state index contributed by atoms with van der Waals surface area (Å²) < 4.78 is 0. The summed E-state index contributed by atoms with van der Waals surface area (Å²) in [5.41, 5.74) is 2.54. The van der Waals surface area contributed by atoms with Crippen LogP contribution in [0.1, 0.15) is 18.0 Å². The molecule has 1 fully saturated rings. The molecule has 7 heteroatoms. The Bertz CT molecular complexity index is 862. The Morgan fingerprint density at radius 1 is 1.29 bits per heavy atom. The monoisotopic (exact) mass is 322 g/mol. The van der Waals surface area contributed by atoms with Gasteiger partial charge in [0.05, 0.1) is 18.9 Å². The van der Waals surface area contributed by atoms with Crippen LogP contribution in [-0.2, 0) is 4.79 Å². The highest BCUT2D eigenvalue weighted by atomic mass is 16.2. The Balaban J connectivity index is 1.49. The van der Waals surface area contributed by atoms with Gasteiger partial charge in [0, 0.05) is 13.6 Å². The molecule has 1 N–H and O–H groups in total. The van der Waals surface area contributed by atoms with Crippen LogP contribution in [0, 0.1) is 0 Å². The minimum atomic E-state index is 0.101. The second-order valence-corrected chi connectivity index (χ2v) is 5.96. The van der Waals surface area contributed by atoms with Crippen LogP contribution in [0.3, 0.4) is 0 Å². The highest BCUT2D eigenvalue weighted by Crippen LogP contribution is 2.33. The number of hydrogen-bond donors (Lipinski definition) is 1. The fraction of sp³-hybridized carbons (Fsp3) is 0.294. The molecule has 7 nitrogen and oxygen atoms in total. The Kier molecular flexibility index (Phi) is 3.60. The summed E-state index contributed by atoms with van der Waals surface area (Å²) in [5, 5.41) is 0. The van der Waals surface area contributed by atoms with Crippen LogP contribution in [0.25, 0.3) is 11.2 Å². The van der Waals surface area contributed by atoms with E-state index in [4.69, 9.17) is 0 Å². The van der Waals surface area contributed by atoms with Gasteiger partial charge in [-0.3, -0.25) is 4.79 Å². The van der Waals surface area contributed by atoms with Crippen molar-refractivity contribution in [3.63, 3.8) is 0 Å². The van der Waals surface area contributed by atoms with Crippen molar-refractivity contribution in [2.75, 3.05) is 25.0 Å². The number of H-pyrrole nitrogens is 1. The number of nitrogens with zero attached hydrogens (tertiary/aromatic N) is 5. The number of fused-ring (bicyclic) bond motifs is 1. The molecule has 1 amide bonds. The van der Waals surface area contributed by atoms with Crippen molar-refractivity contribution < 1.29 is 4.79 Å². The summed E-state index contributed by atoms with van der Waals surface area (Å²) in [6, 6.07) is 10.4. The second kappa shape index (κ2) is 5.92. The van der Waals surface area contributed by atoms with Crippen LogP contribution in [0.2, 0.25) is 0 Å². The number of nitrogens with one attached hydrogen (secondary N) is 1. The van der Waals surface area contributed by atoms with E-state index in [0.29, 0.717) is 11.5 Å². The first kappa shape index (κ1) is 14.6. The Morgan fingerprint density at radius 2 is 2.12 bits per heavy atom. The number of carbonyl (C=O) groups excluding carboxylic acids is 1. The van der Waals surface area contributed by atoms with Gasteiger partial charge < -0.3 is 14.8 Å². The van der Waals surface area contributed by atoms with E-state index >= 15 is 0 Å². The largest absolute Gasteiger partial charge is 0.348 e. The third-order valence-electron chi connectivity index (χ3n) is 4.46. The molecule has 1 unspecified atom stereocenters. The first-order valence-electron chi connectivity index (χ1n) is 7.93. The molecule has 1 atom stereocenters. The molecule has 3 heterocycles. The van der Waals surface area contributed by atoms with Crippen molar-refractivity contribution in [1.82, 2.24) is 24.8 Å². The summed E-state index contributed by atoms with van der Waals surface area (Å²) in [4.78, 5) is 32.0. The molecule has 1 aliphatic heterocycles. The van der Waals surface area contributed by atoms with Gasteiger partial charge in [-0.2, -0.15) is 0 Å². The number of anilines is 1. The maximum absolute atomic E-state index is 12.7. The van der Waals surface area contributed by atoms with Gasteiger partial charge in [0.1, 0.15) is 11.8 Å². The molecular formula is C17H18N6O. The van der Waals surface area contributed by atoms with Crippen LogP contribution < -0.4 is 4.90 Å². The first-order chi connectivity index (χ1) is 11.7. The molecule has 0 aliphatic carbocycles. The smallest absolute Gasteiger partial charge is 0.242 e. The number of imidazole rings is 1. The topological polar surface area (TPSA) is 78.0 Å². The molecule has 4 rings (SSSR count). The second-order valence-electron chi connectivity index (χ2n) is 5.96. The van der Waals surface area contributed by atoms with E-state index in [-0.39, 0.29) is 18.5 Å². The van der Waals surface area contributed by atoms with E-state index in [1.807, 2.05) is 35.0 Å². The Hall–Kier alpha value is -2.96. The van der Waals surface area contributed by atoms with Crippen LogP contribution in [0.15, 0.2) is 43.0 Å². The third-order valence-corrected chi connectivity index (χ3v) is 4.46. The standard InChI is InChI=1S/C17H18N6O/c1-22(17-15-16(19-10-18-15)20-11-21-17)9-14(24)23-8-7-13(23)12-5-3-2-4-6-12/h2-6,10-11,13H,7-9H2,1H3,(H,18,19,20,21). The van der Waals surface area contributed by atoms with Gasteiger partial charge >= 0.3 is 0 Å². The molecule has 0 spiro atoms. The van der Waals surface area contributed by atoms with Crippen LogP contribution in [0.5, 0.6) is 0 Å². The molecule has 1 saturated heterocycles. The molecule has 3 aromatic rings. The van der Waals surface area contributed by atoms with E-state index in [0.717, 1.165) is 18.5 Å². The maximum Gasteiger partial charge on any atom is 0.242 e. The van der Waals surface area contributed by atoms with E-state index in [2.05, 4.69) is 32.1 Å². The van der Waals surface area contributed by atoms with E-state index in [9.17, 15) is 4.79 Å². The predicted octanol–water partition coefficient (Wildman–Crippen LogP) is 1.76. The SMILES string of the molecule is CN(CC(=O)N1CCC1c1ccccc1)c1ncnc2nc[nH]c12. The Labute approximate surface area is 139 Å². The molecule has 0 bridgehead atoms. The fourth-order valence-corrected chi connectivity index (χ4v) is 3.12. The molecule has 24 heavy (non-hydrogen) atoms. The van der Waals surface area contributed by atoms with Gasteiger partial charge in [0.25, 0.3) is 0 Å². The minimum absolute atomic E-state index is 0.101. The summed E-state index contributed by atoms with van der Waals surface area (Å²) in [5.74, 6) is 0.784. The van der Waals surface area contributed by atoms with Crippen LogP contribution >= 0.6 is 0 Å². The number of benzene rings is 1. The number of carbonyl (C=O) groups is 1. The summed E-state index contributed by atoms with van der Waals surface area (Å²) >= 11 is 0. The number of hydrogen-bond acceptors (Lipinski definition) is 5.